The van der Waals surface area contributed by atoms with Crippen LogP contribution < -0.4 is 9.64 Å². The fourth-order valence-corrected chi connectivity index (χ4v) is 5.45. The van der Waals surface area contributed by atoms with Crippen LogP contribution in [-0.2, 0) is 19.2 Å². The van der Waals surface area contributed by atoms with Crippen molar-refractivity contribution < 1.29 is 23.9 Å². The van der Waals surface area contributed by atoms with Gasteiger partial charge in [-0.3, -0.25) is 24.1 Å². The summed E-state index contributed by atoms with van der Waals surface area (Å²) in [6.07, 6.45) is 3.61. The summed E-state index contributed by atoms with van der Waals surface area (Å²) in [6.45, 7) is 2.27. The van der Waals surface area contributed by atoms with Gasteiger partial charge in [0, 0.05) is 13.0 Å². The zero-order valence-corrected chi connectivity index (χ0v) is 19.2. The molecule has 7 nitrogen and oxygen atoms in total. The van der Waals surface area contributed by atoms with Gasteiger partial charge in [0.05, 0.1) is 29.5 Å². The van der Waals surface area contributed by atoms with E-state index in [4.69, 9.17) is 4.74 Å². The highest BCUT2D eigenvalue weighted by Gasteiger charge is 2.48. The number of amides is 3. The minimum atomic E-state index is -0.539. The summed E-state index contributed by atoms with van der Waals surface area (Å²) in [5, 5.41) is 0. The van der Waals surface area contributed by atoms with Gasteiger partial charge in [-0.15, -0.1) is 0 Å². The number of carbonyl (C=O) groups excluding carboxylic acids is 4. The van der Waals surface area contributed by atoms with Gasteiger partial charge in [-0.05, 0) is 49.6 Å². The number of benzene rings is 2. The van der Waals surface area contributed by atoms with Crippen molar-refractivity contribution in [3.63, 3.8) is 0 Å². The molecule has 0 N–H and O–H groups in total. The standard InChI is InChI=1S/C27H28N2O5/c1-17(18-7-3-2-4-8-18)28-16-19(15-24(28)30)27(33)34-21-13-11-20(12-14-21)29-25(31)22-9-5-6-10-23(22)26(29)32/h2-4,7-8,11-14,17,19,22-23H,5-6,9-10,15-16H2,1H3/t17-,19-,22-,23-/m1/s1. The topological polar surface area (TPSA) is 84.0 Å². The average Bonchev–Trinajstić information content (AvgIpc) is 3.37. The van der Waals surface area contributed by atoms with Crippen LogP contribution in [0.25, 0.3) is 0 Å². The summed E-state index contributed by atoms with van der Waals surface area (Å²) in [5.41, 5.74) is 1.52. The fraction of sp³-hybridized carbons (Fsp3) is 0.407. The van der Waals surface area contributed by atoms with Crippen LogP contribution >= 0.6 is 0 Å². The molecule has 0 radical (unpaired) electrons. The average molecular weight is 461 g/mol. The Morgan fingerprint density at radius 2 is 1.53 bits per heavy atom. The molecule has 4 atom stereocenters. The SMILES string of the molecule is C[C@H](c1ccccc1)N1C[C@H](C(=O)Oc2ccc(N3C(=O)[C@@H]4CCCC[C@H]4C3=O)cc2)CC1=O. The molecule has 0 bridgehead atoms. The summed E-state index contributed by atoms with van der Waals surface area (Å²) in [5.74, 6) is -1.41. The van der Waals surface area contributed by atoms with Crippen molar-refractivity contribution in [3.8, 4) is 5.75 Å². The van der Waals surface area contributed by atoms with E-state index in [2.05, 4.69) is 0 Å². The maximum Gasteiger partial charge on any atom is 0.316 e. The van der Waals surface area contributed by atoms with Crippen LogP contribution in [0.2, 0.25) is 0 Å². The minimum absolute atomic E-state index is 0.0684. The predicted molar refractivity (Wildman–Crippen MR) is 125 cm³/mol. The Morgan fingerprint density at radius 1 is 0.912 bits per heavy atom. The monoisotopic (exact) mass is 460 g/mol. The largest absolute Gasteiger partial charge is 0.426 e. The molecule has 3 amide bonds. The number of nitrogens with zero attached hydrogens (tertiary/aromatic N) is 2. The first-order valence-corrected chi connectivity index (χ1v) is 12.0. The highest BCUT2D eigenvalue weighted by Crippen LogP contribution is 2.40. The molecule has 1 aliphatic carbocycles. The number of carbonyl (C=O) groups is 4. The Kier molecular flexibility index (Phi) is 5.94. The summed E-state index contributed by atoms with van der Waals surface area (Å²) in [4.78, 5) is 53.9. The van der Waals surface area contributed by atoms with Gasteiger partial charge in [-0.2, -0.15) is 0 Å². The molecule has 3 fully saturated rings. The molecule has 0 spiro atoms. The first-order valence-electron chi connectivity index (χ1n) is 12.0. The molecule has 2 aromatic carbocycles. The number of fused-ring (bicyclic) bond motifs is 1. The van der Waals surface area contributed by atoms with Crippen molar-refractivity contribution in [2.24, 2.45) is 17.8 Å². The number of ether oxygens (including phenoxy) is 1. The second-order valence-electron chi connectivity index (χ2n) is 9.46. The van der Waals surface area contributed by atoms with Crippen LogP contribution in [-0.4, -0.2) is 35.1 Å². The van der Waals surface area contributed by atoms with Gasteiger partial charge in [0.15, 0.2) is 0 Å². The minimum Gasteiger partial charge on any atom is -0.426 e. The summed E-state index contributed by atoms with van der Waals surface area (Å²) >= 11 is 0. The second kappa shape index (κ2) is 9.05. The smallest absolute Gasteiger partial charge is 0.316 e. The van der Waals surface area contributed by atoms with E-state index in [1.807, 2.05) is 37.3 Å². The van der Waals surface area contributed by atoms with Crippen molar-refractivity contribution in [1.82, 2.24) is 4.90 Å². The quantitative estimate of drug-likeness (QED) is 0.384. The first-order chi connectivity index (χ1) is 16.4. The lowest BCUT2D eigenvalue weighted by molar-refractivity contribution is -0.139. The molecular weight excluding hydrogens is 432 g/mol. The van der Waals surface area contributed by atoms with Gasteiger partial charge >= 0.3 is 5.97 Å². The predicted octanol–water partition coefficient (Wildman–Crippen LogP) is 3.88. The van der Waals surface area contributed by atoms with Crippen molar-refractivity contribution in [2.45, 2.75) is 45.1 Å². The van der Waals surface area contributed by atoms with Crippen LogP contribution in [0.5, 0.6) is 5.75 Å². The van der Waals surface area contributed by atoms with E-state index in [0.29, 0.717) is 18.0 Å². The van der Waals surface area contributed by atoms with Crippen molar-refractivity contribution >= 4 is 29.4 Å². The van der Waals surface area contributed by atoms with E-state index >= 15 is 0 Å². The Balaban J connectivity index is 1.22. The summed E-state index contributed by atoms with van der Waals surface area (Å²) < 4.78 is 5.54. The number of esters is 1. The Morgan fingerprint density at radius 3 is 2.15 bits per heavy atom. The molecule has 176 valence electrons. The van der Waals surface area contributed by atoms with Gasteiger partial charge in [-0.1, -0.05) is 43.2 Å². The zero-order valence-electron chi connectivity index (χ0n) is 19.2. The molecule has 1 saturated carbocycles. The normalized spacial score (nSPS) is 25.4. The van der Waals surface area contributed by atoms with Gasteiger partial charge in [0.2, 0.25) is 17.7 Å². The number of likely N-dealkylation sites (tertiary alicyclic amines) is 1. The molecule has 0 unspecified atom stereocenters. The van der Waals surface area contributed by atoms with E-state index in [0.717, 1.165) is 31.2 Å². The lowest BCUT2D eigenvalue weighted by Gasteiger charge is -2.25. The molecule has 34 heavy (non-hydrogen) atoms. The maximum atomic E-state index is 12.8. The third kappa shape index (κ3) is 4.00. The molecule has 2 aliphatic heterocycles. The molecule has 0 aromatic heterocycles. The summed E-state index contributed by atoms with van der Waals surface area (Å²) in [7, 11) is 0. The number of imide groups is 1. The van der Waals surface area contributed by atoms with E-state index < -0.39 is 11.9 Å². The lowest BCUT2D eigenvalue weighted by Crippen LogP contribution is -2.31. The maximum absolute atomic E-state index is 12.8. The Labute approximate surface area is 198 Å². The van der Waals surface area contributed by atoms with Crippen molar-refractivity contribution in [3.05, 3.63) is 60.2 Å². The van der Waals surface area contributed by atoms with Gasteiger partial charge in [-0.25, -0.2) is 0 Å². The van der Waals surface area contributed by atoms with Gasteiger partial charge in [0.25, 0.3) is 0 Å². The third-order valence-corrected chi connectivity index (χ3v) is 7.40. The molecule has 2 heterocycles. The van der Waals surface area contributed by atoms with E-state index in [1.54, 1.807) is 29.2 Å². The van der Waals surface area contributed by atoms with Crippen LogP contribution in [0.15, 0.2) is 54.6 Å². The molecule has 7 heteroatoms. The fourth-order valence-electron chi connectivity index (χ4n) is 5.45. The van der Waals surface area contributed by atoms with Gasteiger partial charge in [0.1, 0.15) is 5.75 Å². The molecule has 2 aromatic rings. The Hall–Kier alpha value is -3.48. The van der Waals surface area contributed by atoms with E-state index in [9.17, 15) is 19.2 Å². The molecule has 5 rings (SSSR count). The number of hydrogen-bond acceptors (Lipinski definition) is 5. The van der Waals surface area contributed by atoms with Crippen LogP contribution in [0.4, 0.5) is 5.69 Å². The third-order valence-electron chi connectivity index (χ3n) is 7.40. The molecular formula is C27H28N2O5. The summed E-state index contributed by atoms with van der Waals surface area (Å²) in [6, 6.07) is 16.1. The zero-order chi connectivity index (χ0) is 23.8. The molecule has 2 saturated heterocycles. The lowest BCUT2D eigenvalue weighted by atomic mass is 9.81. The van der Waals surface area contributed by atoms with Crippen LogP contribution in [0.3, 0.4) is 0 Å². The number of rotatable bonds is 5. The Bertz CT molecular complexity index is 1090. The highest BCUT2D eigenvalue weighted by molar-refractivity contribution is 6.22. The van der Waals surface area contributed by atoms with E-state index in [1.165, 1.54) is 4.90 Å². The highest BCUT2D eigenvalue weighted by atomic mass is 16.5. The van der Waals surface area contributed by atoms with Crippen LogP contribution in [0.1, 0.15) is 50.6 Å². The second-order valence-corrected chi connectivity index (χ2v) is 9.46. The number of hydrogen-bond donors (Lipinski definition) is 0. The first kappa shape index (κ1) is 22.3. The van der Waals surface area contributed by atoms with E-state index in [-0.39, 0.29) is 42.0 Å². The number of anilines is 1. The van der Waals surface area contributed by atoms with Crippen molar-refractivity contribution in [2.75, 3.05) is 11.4 Å². The van der Waals surface area contributed by atoms with Crippen molar-refractivity contribution in [1.29, 1.82) is 0 Å². The van der Waals surface area contributed by atoms with Gasteiger partial charge < -0.3 is 9.64 Å². The van der Waals surface area contributed by atoms with Crippen LogP contribution in [0, 0.1) is 17.8 Å². The molecule has 3 aliphatic rings.